The Morgan fingerprint density at radius 2 is 1.87 bits per heavy atom. The van der Waals surface area contributed by atoms with E-state index in [4.69, 9.17) is 9.47 Å². The predicted molar refractivity (Wildman–Crippen MR) is 86.7 cm³/mol. The summed E-state index contributed by atoms with van der Waals surface area (Å²) in [5.74, 6) is -0.527. The van der Waals surface area contributed by atoms with Gasteiger partial charge in [-0.1, -0.05) is 24.3 Å². The first-order valence-corrected chi connectivity index (χ1v) is 7.45. The van der Waals surface area contributed by atoms with Gasteiger partial charge < -0.3 is 19.7 Å². The first-order valence-electron chi connectivity index (χ1n) is 7.45. The number of amides is 1. The van der Waals surface area contributed by atoms with Crippen LogP contribution in [0.3, 0.4) is 0 Å². The maximum atomic E-state index is 12.1. The van der Waals surface area contributed by atoms with E-state index >= 15 is 0 Å². The highest BCUT2D eigenvalue weighted by atomic mass is 16.5. The summed E-state index contributed by atoms with van der Waals surface area (Å²) in [7, 11) is 2.87. The Hall–Kier alpha value is -2.34. The first-order chi connectivity index (χ1) is 11.1. The molecule has 3 atom stereocenters. The fourth-order valence-corrected chi connectivity index (χ4v) is 2.75. The lowest BCUT2D eigenvalue weighted by Gasteiger charge is -2.42. The summed E-state index contributed by atoms with van der Waals surface area (Å²) in [5.41, 5.74) is 0.913. The minimum atomic E-state index is -0.490. The van der Waals surface area contributed by atoms with Gasteiger partial charge in [0.05, 0.1) is 25.6 Å². The quantitative estimate of drug-likeness (QED) is 0.662. The number of ether oxygens (including phenoxy) is 2. The predicted octanol–water partition coefficient (Wildman–Crippen LogP) is 1.79. The SMILES string of the molecule is COC(=O)C[C@H]1[C@H](Nc2ccccc2)C=C[C@H](OC)N1C(C)=O. The van der Waals surface area contributed by atoms with E-state index in [2.05, 4.69) is 5.32 Å². The van der Waals surface area contributed by atoms with Gasteiger partial charge >= 0.3 is 5.97 Å². The fraction of sp³-hybridized carbons (Fsp3) is 0.412. The zero-order chi connectivity index (χ0) is 16.8. The summed E-state index contributed by atoms with van der Waals surface area (Å²) in [6.45, 7) is 1.47. The number of hydrogen-bond acceptors (Lipinski definition) is 5. The number of hydrogen-bond donors (Lipinski definition) is 1. The molecule has 0 radical (unpaired) electrons. The number of rotatable bonds is 5. The Balaban J connectivity index is 2.29. The molecule has 0 bridgehead atoms. The molecule has 0 spiro atoms. The van der Waals surface area contributed by atoms with Crippen LogP contribution in [0, 0.1) is 0 Å². The van der Waals surface area contributed by atoms with Crippen molar-refractivity contribution in [2.45, 2.75) is 31.7 Å². The standard InChI is InChI=1S/C17H22N2O4/c1-12(20)19-15(11-17(21)23-3)14(9-10-16(19)22-2)18-13-7-5-4-6-8-13/h4-10,14-16,18H,11H2,1-3H3/t14-,15+,16+/m1/s1. The largest absolute Gasteiger partial charge is 0.469 e. The van der Waals surface area contributed by atoms with Crippen molar-refractivity contribution < 1.29 is 19.1 Å². The van der Waals surface area contributed by atoms with Crippen LogP contribution in [0.5, 0.6) is 0 Å². The summed E-state index contributed by atoms with van der Waals surface area (Å²) in [6, 6.07) is 9.03. The first kappa shape index (κ1) is 17.0. The molecule has 0 fully saturated rings. The van der Waals surface area contributed by atoms with Gasteiger partial charge in [0.15, 0.2) is 6.23 Å². The lowest BCUT2D eigenvalue weighted by atomic mass is 9.97. The molecule has 2 rings (SSSR count). The highest BCUT2D eigenvalue weighted by molar-refractivity contribution is 5.77. The van der Waals surface area contributed by atoms with Crippen LogP contribution in [-0.4, -0.2) is 49.3 Å². The van der Waals surface area contributed by atoms with Crippen molar-refractivity contribution in [1.82, 2.24) is 4.90 Å². The monoisotopic (exact) mass is 318 g/mol. The molecule has 0 unspecified atom stereocenters. The molecule has 0 aliphatic carbocycles. The molecule has 0 aromatic heterocycles. The summed E-state index contributed by atoms with van der Waals surface area (Å²) in [5, 5.41) is 3.35. The van der Waals surface area contributed by atoms with Gasteiger partial charge in [-0.15, -0.1) is 0 Å². The lowest BCUT2D eigenvalue weighted by Crippen LogP contribution is -2.56. The third kappa shape index (κ3) is 4.10. The minimum absolute atomic E-state index is 0.0881. The van der Waals surface area contributed by atoms with Crippen molar-refractivity contribution in [3.63, 3.8) is 0 Å². The Bertz CT molecular complexity index is 573. The highest BCUT2D eigenvalue weighted by Crippen LogP contribution is 2.24. The number of carbonyl (C=O) groups is 2. The Morgan fingerprint density at radius 1 is 1.17 bits per heavy atom. The van der Waals surface area contributed by atoms with Gasteiger partial charge in [-0.2, -0.15) is 0 Å². The topological polar surface area (TPSA) is 67.9 Å². The average Bonchev–Trinajstić information content (AvgIpc) is 2.56. The number of carbonyl (C=O) groups excluding carboxylic acids is 2. The van der Waals surface area contributed by atoms with Crippen LogP contribution in [0.2, 0.25) is 0 Å². The van der Waals surface area contributed by atoms with Gasteiger partial charge in [0.25, 0.3) is 0 Å². The van der Waals surface area contributed by atoms with E-state index in [1.54, 1.807) is 4.90 Å². The van der Waals surface area contributed by atoms with Crippen LogP contribution in [-0.2, 0) is 19.1 Å². The van der Waals surface area contributed by atoms with Crippen LogP contribution in [0.25, 0.3) is 0 Å². The van der Waals surface area contributed by atoms with Crippen LogP contribution < -0.4 is 5.32 Å². The fourth-order valence-electron chi connectivity index (χ4n) is 2.75. The Kier molecular flexibility index (Phi) is 5.76. The third-order valence-electron chi connectivity index (χ3n) is 3.84. The van der Waals surface area contributed by atoms with Gasteiger partial charge in [-0.25, -0.2) is 0 Å². The van der Waals surface area contributed by atoms with E-state index < -0.39 is 12.3 Å². The molecule has 1 N–H and O–H groups in total. The normalized spacial score (nSPS) is 23.4. The molecule has 1 aromatic rings. The summed E-state index contributed by atoms with van der Waals surface area (Å²) in [6.07, 6.45) is 3.34. The second kappa shape index (κ2) is 7.78. The second-order valence-electron chi connectivity index (χ2n) is 5.32. The number of para-hydroxylation sites is 1. The van der Waals surface area contributed by atoms with Gasteiger partial charge in [0, 0.05) is 19.7 Å². The smallest absolute Gasteiger partial charge is 0.307 e. The second-order valence-corrected chi connectivity index (χ2v) is 5.32. The molecule has 6 nitrogen and oxygen atoms in total. The third-order valence-corrected chi connectivity index (χ3v) is 3.84. The number of nitrogens with one attached hydrogen (secondary N) is 1. The van der Waals surface area contributed by atoms with Crippen molar-refractivity contribution in [3.8, 4) is 0 Å². The summed E-state index contributed by atoms with van der Waals surface area (Å²) < 4.78 is 10.1. The number of benzene rings is 1. The van der Waals surface area contributed by atoms with E-state index in [9.17, 15) is 9.59 Å². The molecule has 23 heavy (non-hydrogen) atoms. The molecule has 1 aliphatic heterocycles. The molecular weight excluding hydrogens is 296 g/mol. The maximum Gasteiger partial charge on any atom is 0.307 e. The summed E-state index contributed by atoms with van der Waals surface area (Å²) in [4.78, 5) is 25.4. The minimum Gasteiger partial charge on any atom is -0.469 e. The van der Waals surface area contributed by atoms with Gasteiger partial charge in [-0.05, 0) is 18.2 Å². The molecule has 1 amide bonds. The van der Waals surface area contributed by atoms with Crippen molar-refractivity contribution in [1.29, 1.82) is 0 Å². The van der Waals surface area contributed by atoms with E-state index in [1.165, 1.54) is 21.1 Å². The molecular formula is C17H22N2O4. The van der Waals surface area contributed by atoms with Gasteiger partial charge in [0.1, 0.15) is 0 Å². The molecule has 6 heteroatoms. The van der Waals surface area contributed by atoms with Crippen LogP contribution in [0.1, 0.15) is 13.3 Å². The van der Waals surface area contributed by atoms with E-state index in [-0.39, 0.29) is 24.3 Å². The van der Waals surface area contributed by atoms with Crippen LogP contribution in [0.4, 0.5) is 5.69 Å². The Morgan fingerprint density at radius 3 is 2.43 bits per heavy atom. The van der Waals surface area contributed by atoms with Gasteiger partial charge in [-0.3, -0.25) is 9.59 Å². The average molecular weight is 318 g/mol. The van der Waals surface area contributed by atoms with Crippen molar-refractivity contribution >= 4 is 17.6 Å². The van der Waals surface area contributed by atoms with Crippen LogP contribution in [0.15, 0.2) is 42.5 Å². The molecule has 124 valence electrons. The van der Waals surface area contributed by atoms with Crippen molar-refractivity contribution in [3.05, 3.63) is 42.5 Å². The van der Waals surface area contributed by atoms with Crippen molar-refractivity contribution in [2.75, 3.05) is 19.5 Å². The zero-order valence-electron chi connectivity index (χ0n) is 13.6. The maximum absolute atomic E-state index is 12.1. The highest BCUT2D eigenvalue weighted by Gasteiger charge is 2.37. The van der Waals surface area contributed by atoms with E-state index in [1.807, 2.05) is 42.5 Å². The number of methoxy groups -OCH3 is 2. The summed E-state index contributed by atoms with van der Waals surface area (Å²) >= 11 is 0. The number of nitrogens with zero attached hydrogens (tertiary/aromatic N) is 1. The molecule has 1 heterocycles. The number of anilines is 1. The molecule has 1 aromatic carbocycles. The van der Waals surface area contributed by atoms with Crippen LogP contribution >= 0.6 is 0 Å². The number of esters is 1. The van der Waals surface area contributed by atoms with E-state index in [0.29, 0.717) is 0 Å². The molecule has 0 saturated heterocycles. The zero-order valence-corrected chi connectivity index (χ0v) is 13.6. The lowest BCUT2D eigenvalue weighted by molar-refractivity contribution is -0.149. The molecule has 1 aliphatic rings. The Labute approximate surface area is 136 Å². The van der Waals surface area contributed by atoms with Crippen molar-refractivity contribution in [2.24, 2.45) is 0 Å². The van der Waals surface area contributed by atoms with E-state index in [0.717, 1.165) is 5.69 Å². The van der Waals surface area contributed by atoms with Gasteiger partial charge in [0.2, 0.25) is 5.91 Å². The molecule has 0 saturated carbocycles.